The zero-order valence-electron chi connectivity index (χ0n) is 9.93. The van der Waals surface area contributed by atoms with Gasteiger partial charge in [-0.05, 0) is 37.5 Å². The van der Waals surface area contributed by atoms with Gasteiger partial charge in [-0.2, -0.15) is 0 Å². The third-order valence-corrected chi connectivity index (χ3v) is 3.18. The Morgan fingerprint density at radius 2 is 1.80 bits per heavy atom. The van der Waals surface area contributed by atoms with Gasteiger partial charge in [-0.15, -0.1) is 11.6 Å². The van der Waals surface area contributed by atoms with Crippen LogP contribution in [0.2, 0.25) is 0 Å². The number of hydrogen-bond donors (Lipinski definition) is 0. The van der Waals surface area contributed by atoms with Crippen molar-refractivity contribution in [2.45, 2.75) is 27.7 Å². The Labute approximate surface area is 97.4 Å². The minimum atomic E-state index is 0.394. The number of hydrogen-bond acceptors (Lipinski definition) is 1. The Balaban J connectivity index is 2.80. The van der Waals surface area contributed by atoms with Crippen LogP contribution in [0.25, 0.3) is 0 Å². The standard InChI is InChI=1S/C13H19ClO/c1-9(7-14)8-15-13-11(3)6-5-10(2)12(13)4/h5-6,9H,7-8H2,1-4H3. The molecule has 0 saturated carbocycles. The largest absolute Gasteiger partial charge is 0.493 e. The summed E-state index contributed by atoms with van der Waals surface area (Å²) in [5.41, 5.74) is 3.70. The van der Waals surface area contributed by atoms with Crippen LogP contribution in [0, 0.1) is 26.7 Å². The number of ether oxygens (including phenoxy) is 1. The summed E-state index contributed by atoms with van der Waals surface area (Å²) in [6.07, 6.45) is 0. The predicted molar refractivity (Wildman–Crippen MR) is 66.0 cm³/mol. The Kier molecular flexibility index (Phi) is 4.46. The maximum absolute atomic E-state index is 5.82. The maximum Gasteiger partial charge on any atom is 0.125 e. The normalized spacial score (nSPS) is 12.6. The molecule has 0 saturated heterocycles. The van der Waals surface area contributed by atoms with Gasteiger partial charge in [-0.1, -0.05) is 19.1 Å². The molecule has 0 spiro atoms. The SMILES string of the molecule is Cc1ccc(C)c(OCC(C)CCl)c1C. The molecule has 0 aromatic heterocycles. The first-order valence-electron chi connectivity index (χ1n) is 5.31. The molecule has 0 amide bonds. The van der Waals surface area contributed by atoms with Gasteiger partial charge in [0.25, 0.3) is 0 Å². The van der Waals surface area contributed by atoms with Gasteiger partial charge in [0, 0.05) is 11.8 Å². The zero-order valence-corrected chi connectivity index (χ0v) is 10.7. The highest BCUT2D eigenvalue weighted by atomic mass is 35.5. The monoisotopic (exact) mass is 226 g/mol. The summed E-state index contributed by atoms with van der Waals surface area (Å²) in [6, 6.07) is 4.23. The Morgan fingerprint density at radius 1 is 1.20 bits per heavy atom. The van der Waals surface area contributed by atoms with Crippen LogP contribution in [0.1, 0.15) is 23.6 Å². The quantitative estimate of drug-likeness (QED) is 0.709. The minimum Gasteiger partial charge on any atom is -0.493 e. The summed E-state index contributed by atoms with van der Waals surface area (Å²) in [5, 5.41) is 0. The number of alkyl halides is 1. The summed E-state index contributed by atoms with van der Waals surface area (Å²) in [7, 11) is 0. The van der Waals surface area contributed by atoms with E-state index in [1.165, 1.54) is 16.7 Å². The van der Waals surface area contributed by atoms with Gasteiger partial charge in [0.1, 0.15) is 5.75 Å². The first kappa shape index (κ1) is 12.4. The molecule has 1 unspecified atom stereocenters. The van der Waals surface area contributed by atoms with E-state index in [4.69, 9.17) is 16.3 Å². The lowest BCUT2D eigenvalue weighted by Crippen LogP contribution is -2.11. The van der Waals surface area contributed by atoms with Crippen molar-refractivity contribution in [2.75, 3.05) is 12.5 Å². The number of benzene rings is 1. The third kappa shape index (κ3) is 3.13. The van der Waals surface area contributed by atoms with Crippen LogP contribution in [0.5, 0.6) is 5.75 Å². The van der Waals surface area contributed by atoms with Crippen LogP contribution in [0.4, 0.5) is 0 Å². The van der Waals surface area contributed by atoms with E-state index >= 15 is 0 Å². The molecule has 1 nitrogen and oxygen atoms in total. The second-order valence-corrected chi connectivity index (χ2v) is 4.53. The van der Waals surface area contributed by atoms with Gasteiger partial charge in [0.15, 0.2) is 0 Å². The second-order valence-electron chi connectivity index (χ2n) is 4.22. The summed E-state index contributed by atoms with van der Waals surface area (Å²) in [5.74, 6) is 2.06. The maximum atomic E-state index is 5.82. The highest BCUT2D eigenvalue weighted by Crippen LogP contribution is 2.26. The molecule has 0 heterocycles. The van der Waals surface area contributed by atoms with Crippen molar-refractivity contribution in [3.63, 3.8) is 0 Å². The lowest BCUT2D eigenvalue weighted by atomic mass is 10.1. The van der Waals surface area contributed by atoms with E-state index < -0.39 is 0 Å². The first-order valence-corrected chi connectivity index (χ1v) is 5.85. The van der Waals surface area contributed by atoms with Crippen LogP contribution in [0.15, 0.2) is 12.1 Å². The fourth-order valence-electron chi connectivity index (χ4n) is 1.42. The van der Waals surface area contributed by atoms with Crippen molar-refractivity contribution in [3.05, 3.63) is 28.8 Å². The van der Waals surface area contributed by atoms with Crippen molar-refractivity contribution in [3.8, 4) is 5.75 Å². The Morgan fingerprint density at radius 3 is 2.40 bits per heavy atom. The first-order chi connectivity index (χ1) is 7.06. The average Bonchev–Trinajstić information content (AvgIpc) is 2.23. The van der Waals surface area contributed by atoms with Crippen molar-refractivity contribution < 1.29 is 4.74 Å². The fraction of sp³-hybridized carbons (Fsp3) is 0.538. The van der Waals surface area contributed by atoms with Crippen LogP contribution >= 0.6 is 11.6 Å². The van der Waals surface area contributed by atoms with E-state index in [1.54, 1.807) is 0 Å². The van der Waals surface area contributed by atoms with E-state index in [2.05, 4.69) is 39.8 Å². The van der Waals surface area contributed by atoms with Gasteiger partial charge >= 0.3 is 0 Å². The third-order valence-electron chi connectivity index (χ3n) is 2.65. The fourth-order valence-corrected chi connectivity index (χ4v) is 1.51. The van der Waals surface area contributed by atoms with Crippen molar-refractivity contribution in [1.82, 2.24) is 0 Å². The molecule has 0 radical (unpaired) electrons. The van der Waals surface area contributed by atoms with Crippen LogP contribution in [-0.4, -0.2) is 12.5 Å². The number of aryl methyl sites for hydroxylation is 2. The number of halogens is 1. The van der Waals surface area contributed by atoms with Gasteiger partial charge in [0.05, 0.1) is 6.61 Å². The molecule has 0 aliphatic rings. The van der Waals surface area contributed by atoms with Crippen molar-refractivity contribution >= 4 is 11.6 Å². The molecule has 0 bridgehead atoms. The molecule has 1 rings (SSSR count). The second kappa shape index (κ2) is 5.41. The van der Waals surface area contributed by atoms with Crippen LogP contribution < -0.4 is 4.74 Å². The molecule has 1 atom stereocenters. The summed E-state index contributed by atoms with van der Waals surface area (Å²) >= 11 is 5.75. The van der Waals surface area contributed by atoms with E-state index in [9.17, 15) is 0 Å². The highest BCUT2D eigenvalue weighted by molar-refractivity contribution is 6.18. The van der Waals surface area contributed by atoms with Crippen LogP contribution in [0.3, 0.4) is 0 Å². The smallest absolute Gasteiger partial charge is 0.125 e. The molecule has 1 aromatic rings. The molecule has 2 heteroatoms. The molecule has 0 fully saturated rings. The van der Waals surface area contributed by atoms with Crippen molar-refractivity contribution in [1.29, 1.82) is 0 Å². The summed E-state index contributed by atoms with van der Waals surface area (Å²) in [6.45, 7) is 9.06. The van der Waals surface area contributed by atoms with E-state index in [-0.39, 0.29) is 0 Å². The Bertz CT molecular complexity index is 334. The molecule has 0 N–H and O–H groups in total. The lowest BCUT2D eigenvalue weighted by molar-refractivity contribution is 0.269. The van der Waals surface area contributed by atoms with E-state index in [0.717, 1.165) is 5.75 Å². The molecule has 1 aromatic carbocycles. The molecule has 0 aliphatic heterocycles. The summed E-state index contributed by atoms with van der Waals surface area (Å²) in [4.78, 5) is 0. The molecular formula is C13H19ClO. The molecule has 15 heavy (non-hydrogen) atoms. The molecule has 84 valence electrons. The van der Waals surface area contributed by atoms with Crippen LogP contribution in [-0.2, 0) is 0 Å². The van der Waals surface area contributed by atoms with Crippen molar-refractivity contribution in [2.24, 2.45) is 5.92 Å². The zero-order chi connectivity index (χ0) is 11.4. The highest BCUT2D eigenvalue weighted by Gasteiger charge is 2.08. The van der Waals surface area contributed by atoms with E-state index in [1.807, 2.05) is 0 Å². The molecule has 0 aliphatic carbocycles. The summed E-state index contributed by atoms with van der Waals surface area (Å²) < 4.78 is 5.82. The molecular weight excluding hydrogens is 208 g/mol. The van der Waals surface area contributed by atoms with Gasteiger partial charge in [-0.25, -0.2) is 0 Å². The van der Waals surface area contributed by atoms with Gasteiger partial charge < -0.3 is 4.74 Å². The predicted octanol–water partition coefficient (Wildman–Crippen LogP) is 3.87. The Hall–Kier alpha value is -0.690. The topological polar surface area (TPSA) is 9.23 Å². The van der Waals surface area contributed by atoms with Gasteiger partial charge in [0.2, 0.25) is 0 Å². The minimum absolute atomic E-state index is 0.394. The number of rotatable bonds is 4. The average molecular weight is 227 g/mol. The lowest BCUT2D eigenvalue weighted by Gasteiger charge is -2.16. The van der Waals surface area contributed by atoms with Gasteiger partial charge in [-0.3, -0.25) is 0 Å². The van der Waals surface area contributed by atoms with E-state index in [0.29, 0.717) is 18.4 Å².